The van der Waals surface area contributed by atoms with Crippen molar-refractivity contribution in [3.8, 4) is 0 Å². The van der Waals surface area contributed by atoms with Crippen molar-refractivity contribution >= 4 is 0 Å². The summed E-state index contributed by atoms with van der Waals surface area (Å²) < 4.78 is 27.1. The lowest BCUT2D eigenvalue weighted by Crippen LogP contribution is -2.38. The highest BCUT2D eigenvalue weighted by atomic mass is 19.1. The van der Waals surface area contributed by atoms with E-state index in [-0.39, 0.29) is 17.7 Å². The first kappa shape index (κ1) is 15.0. The van der Waals surface area contributed by atoms with Crippen LogP contribution in [0.1, 0.15) is 69.9 Å². The Bertz CT molecular complexity index is 484. The average Bonchev–Trinajstić information content (AvgIpc) is 2.93. The molecule has 0 saturated heterocycles. The van der Waals surface area contributed by atoms with Gasteiger partial charge in [-0.05, 0) is 69.1 Å². The summed E-state index contributed by atoms with van der Waals surface area (Å²) in [6, 6.07) is 4.01. The van der Waals surface area contributed by atoms with Crippen LogP contribution in [-0.2, 0) is 0 Å². The molecule has 0 aromatic heterocycles. The Balaban J connectivity index is 1.58. The highest BCUT2D eigenvalue weighted by molar-refractivity contribution is 5.22. The molecule has 21 heavy (non-hydrogen) atoms. The molecule has 1 nitrogen and oxygen atoms in total. The molecule has 0 bridgehead atoms. The van der Waals surface area contributed by atoms with Crippen molar-refractivity contribution in [2.24, 2.45) is 5.41 Å². The maximum absolute atomic E-state index is 13.8. The normalized spacial score (nSPS) is 23.6. The van der Waals surface area contributed by atoms with Gasteiger partial charge in [0.15, 0.2) is 0 Å². The minimum Gasteiger partial charge on any atom is -0.307 e. The molecule has 1 N–H and O–H groups in total. The molecule has 1 aromatic rings. The highest BCUT2D eigenvalue weighted by Crippen LogP contribution is 2.49. The Morgan fingerprint density at radius 3 is 2.43 bits per heavy atom. The number of hydrogen-bond donors (Lipinski definition) is 1. The predicted molar refractivity (Wildman–Crippen MR) is 81.1 cm³/mol. The molecule has 2 aliphatic rings. The van der Waals surface area contributed by atoms with Crippen LogP contribution in [0.15, 0.2) is 18.2 Å². The monoisotopic (exact) mass is 293 g/mol. The van der Waals surface area contributed by atoms with Gasteiger partial charge < -0.3 is 5.32 Å². The van der Waals surface area contributed by atoms with Crippen LogP contribution < -0.4 is 5.32 Å². The maximum Gasteiger partial charge on any atom is 0.128 e. The van der Waals surface area contributed by atoms with Gasteiger partial charge in [0.2, 0.25) is 0 Å². The topological polar surface area (TPSA) is 12.0 Å². The molecule has 116 valence electrons. The quantitative estimate of drug-likeness (QED) is 0.815. The molecule has 2 saturated carbocycles. The van der Waals surface area contributed by atoms with Gasteiger partial charge in [-0.1, -0.05) is 12.8 Å². The standard InChI is InChI=1S/C18H25F2N/c1-13(16-12-14(19)4-5-17(16)20)21-15-6-10-18(11-7-15)8-2-3-9-18/h4-5,12-13,15,21H,2-3,6-11H2,1H3. The van der Waals surface area contributed by atoms with E-state index >= 15 is 0 Å². The molecule has 0 aliphatic heterocycles. The third-order valence-corrected chi connectivity index (χ3v) is 5.62. The van der Waals surface area contributed by atoms with E-state index in [0.29, 0.717) is 17.0 Å². The minimum absolute atomic E-state index is 0.136. The van der Waals surface area contributed by atoms with Crippen molar-refractivity contribution in [1.82, 2.24) is 5.32 Å². The van der Waals surface area contributed by atoms with Crippen LogP contribution in [-0.4, -0.2) is 6.04 Å². The SMILES string of the molecule is CC(NC1CCC2(CCCC2)CC1)c1cc(F)ccc1F. The summed E-state index contributed by atoms with van der Waals surface area (Å²) in [5, 5.41) is 3.50. The van der Waals surface area contributed by atoms with Gasteiger partial charge >= 0.3 is 0 Å². The Labute approximate surface area is 126 Å². The van der Waals surface area contributed by atoms with E-state index in [1.54, 1.807) is 0 Å². The first-order valence-corrected chi connectivity index (χ1v) is 8.29. The third kappa shape index (κ3) is 3.28. The third-order valence-electron chi connectivity index (χ3n) is 5.62. The van der Waals surface area contributed by atoms with Crippen molar-refractivity contribution in [1.29, 1.82) is 0 Å². The second-order valence-electron chi connectivity index (χ2n) is 7.04. The van der Waals surface area contributed by atoms with Crippen LogP contribution >= 0.6 is 0 Å². The first-order valence-electron chi connectivity index (χ1n) is 8.29. The van der Waals surface area contributed by atoms with E-state index in [2.05, 4.69) is 5.32 Å². The van der Waals surface area contributed by atoms with Gasteiger partial charge in [-0.25, -0.2) is 8.78 Å². The molecule has 1 unspecified atom stereocenters. The van der Waals surface area contributed by atoms with Crippen LogP contribution in [0.2, 0.25) is 0 Å². The molecule has 1 spiro atoms. The minimum atomic E-state index is -0.367. The van der Waals surface area contributed by atoms with E-state index in [9.17, 15) is 8.78 Å². The average molecular weight is 293 g/mol. The Morgan fingerprint density at radius 1 is 1.10 bits per heavy atom. The van der Waals surface area contributed by atoms with Crippen LogP contribution in [0.5, 0.6) is 0 Å². The first-order chi connectivity index (χ1) is 10.1. The summed E-state index contributed by atoms with van der Waals surface area (Å²) in [6.45, 7) is 1.93. The molecular weight excluding hydrogens is 268 g/mol. The summed E-state index contributed by atoms with van der Waals surface area (Å²) in [5.41, 5.74) is 1.06. The number of halogens is 2. The lowest BCUT2D eigenvalue weighted by molar-refractivity contribution is 0.163. The molecule has 1 aromatic carbocycles. The fourth-order valence-electron chi connectivity index (χ4n) is 4.31. The zero-order valence-electron chi connectivity index (χ0n) is 12.8. The molecule has 0 radical (unpaired) electrons. The summed E-state index contributed by atoms with van der Waals surface area (Å²) in [6.07, 6.45) is 10.5. The fourth-order valence-corrected chi connectivity index (χ4v) is 4.31. The molecular formula is C18H25F2N. The zero-order chi connectivity index (χ0) is 14.9. The van der Waals surface area contributed by atoms with Gasteiger partial charge in [-0.2, -0.15) is 0 Å². The molecule has 2 fully saturated rings. The summed E-state index contributed by atoms with van der Waals surface area (Å²) in [7, 11) is 0. The van der Waals surface area contributed by atoms with E-state index in [0.717, 1.165) is 0 Å². The summed E-state index contributed by atoms with van der Waals surface area (Å²) >= 11 is 0. The predicted octanol–water partition coefficient (Wildman–Crippen LogP) is 5.12. The van der Waals surface area contributed by atoms with Gasteiger partial charge in [-0.3, -0.25) is 0 Å². The van der Waals surface area contributed by atoms with Gasteiger partial charge in [0, 0.05) is 17.6 Å². The van der Waals surface area contributed by atoms with E-state index in [1.807, 2.05) is 6.92 Å². The van der Waals surface area contributed by atoms with Crippen molar-refractivity contribution < 1.29 is 8.78 Å². The second-order valence-corrected chi connectivity index (χ2v) is 7.04. The molecule has 2 aliphatic carbocycles. The van der Waals surface area contributed by atoms with Crippen molar-refractivity contribution in [2.75, 3.05) is 0 Å². The van der Waals surface area contributed by atoms with Crippen LogP contribution in [0, 0.1) is 17.0 Å². The van der Waals surface area contributed by atoms with E-state index in [4.69, 9.17) is 0 Å². The van der Waals surface area contributed by atoms with Gasteiger partial charge in [0.25, 0.3) is 0 Å². The molecule has 1 atom stereocenters. The Morgan fingerprint density at radius 2 is 1.76 bits per heavy atom. The fraction of sp³-hybridized carbons (Fsp3) is 0.667. The Hall–Kier alpha value is -0.960. The Kier molecular flexibility index (Phi) is 4.30. The lowest BCUT2D eigenvalue weighted by atomic mass is 9.71. The van der Waals surface area contributed by atoms with Crippen LogP contribution in [0.3, 0.4) is 0 Å². The largest absolute Gasteiger partial charge is 0.307 e. The van der Waals surface area contributed by atoms with Crippen molar-refractivity contribution in [3.63, 3.8) is 0 Å². The van der Waals surface area contributed by atoms with Gasteiger partial charge in [0.05, 0.1) is 0 Å². The number of nitrogens with one attached hydrogen (secondary N) is 1. The maximum atomic E-state index is 13.8. The van der Waals surface area contributed by atoms with Crippen LogP contribution in [0.4, 0.5) is 8.78 Å². The van der Waals surface area contributed by atoms with E-state index < -0.39 is 0 Å². The number of hydrogen-bond acceptors (Lipinski definition) is 1. The van der Waals surface area contributed by atoms with Crippen molar-refractivity contribution in [3.05, 3.63) is 35.4 Å². The number of rotatable bonds is 3. The highest BCUT2D eigenvalue weighted by Gasteiger charge is 2.37. The van der Waals surface area contributed by atoms with Crippen molar-refractivity contribution in [2.45, 2.75) is 70.4 Å². The van der Waals surface area contributed by atoms with Gasteiger partial charge in [-0.15, -0.1) is 0 Å². The second kappa shape index (κ2) is 6.04. The zero-order valence-corrected chi connectivity index (χ0v) is 12.8. The molecule has 0 amide bonds. The van der Waals surface area contributed by atoms with E-state index in [1.165, 1.54) is 69.6 Å². The number of benzene rings is 1. The molecule has 3 heteroatoms. The smallest absolute Gasteiger partial charge is 0.128 e. The lowest BCUT2D eigenvalue weighted by Gasteiger charge is -2.38. The molecule has 0 heterocycles. The van der Waals surface area contributed by atoms with Gasteiger partial charge in [0.1, 0.15) is 11.6 Å². The van der Waals surface area contributed by atoms with Crippen LogP contribution in [0.25, 0.3) is 0 Å². The summed E-state index contributed by atoms with van der Waals surface area (Å²) in [4.78, 5) is 0. The summed E-state index contributed by atoms with van der Waals surface area (Å²) in [5.74, 6) is -0.687. The molecule has 3 rings (SSSR count).